The number of alkyl halides is 3. The molecule has 8 nitrogen and oxygen atoms in total. The Morgan fingerprint density at radius 2 is 1.82 bits per heavy atom. The average Bonchev–Trinajstić information content (AvgIpc) is 3.13. The first kappa shape index (κ1) is 25.4. The largest absolute Gasteiger partial charge is 0.451 e. The molecular formula is C21H24F5N5O3. The maximum atomic E-state index is 13.6. The number of hydrogen-bond acceptors (Lipinski definition) is 5. The maximum Gasteiger partial charge on any atom is 0.451 e. The SMILES string of the molecule is CC(C)(C)OC(=O)N[C@@H](CC(=O)N1CCn2c(nnc2C(F)(F)F)C1)Cc1ccc(F)c(F)c1. The summed E-state index contributed by atoms with van der Waals surface area (Å²) < 4.78 is 72.1. The molecule has 0 saturated heterocycles. The Balaban J connectivity index is 1.73. The molecule has 0 aliphatic carbocycles. The lowest BCUT2D eigenvalue weighted by Crippen LogP contribution is -2.45. The van der Waals surface area contributed by atoms with Crippen molar-refractivity contribution in [3.63, 3.8) is 0 Å². The van der Waals surface area contributed by atoms with E-state index < -0.39 is 47.3 Å². The smallest absolute Gasteiger partial charge is 0.444 e. The highest BCUT2D eigenvalue weighted by Gasteiger charge is 2.40. The number of hydrogen-bond donors (Lipinski definition) is 1. The van der Waals surface area contributed by atoms with Crippen molar-refractivity contribution in [2.45, 2.75) is 64.5 Å². The van der Waals surface area contributed by atoms with Crippen molar-refractivity contribution in [1.82, 2.24) is 25.0 Å². The summed E-state index contributed by atoms with van der Waals surface area (Å²) in [5.74, 6) is -3.71. The highest BCUT2D eigenvalue weighted by Crippen LogP contribution is 2.29. The number of nitrogens with zero attached hydrogens (tertiary/aromatic N) is 4. The predicted octanol–water partition coefficient (Wildman–Crippen LogP) is 3.44. The van der Waals surface area contributed by atoms with E-state index >= 15 is 0 Å². The van der Waals surface area contributed by atoms with Gasteiger partial charge in [0.2, 0.25) is 11.7 Å². The lowest BCUT2D eigenvalue weighted by Gasteiger charge is -2.30. The molecule has 0 unspecified atom stereocenters. The Morgan fingerprint density at radius 1 is 1.12 bits per heavy atom. The third-order valence-corrected chi connectivity index (χ3v) is 4.97. The van der Waals surface area contributed by atoms with Crippen LogP contribution in [0.4, 0.5) is 26.7 Å². The monoisotopic (exact) mass is 489 g/mol. The minimum Gasteiger partial charge on any atom is -0.444 e. The number of rotatable bonds is 5. The zero-order valence-corrected chi connectivity index (χ0v) is 18.7. The Labute approximate surface area is 192 Å². The van der Waals surface area contributed by atoms with Crippen LogP contribution >= 0.6 is 0 Å². The molecule has 0 fully saturated rings. The van der Waals surface area contributed by atoms with Crippen LogP contribution in [0.15, 0.2) is 18.2 Å². The topological polar surface area (TPSA) is 89.4 Å². The second-order valence-electron chi connectivity index (χ2n) is 8.90. The number of carbonyl (C=O) groups is 2. The summed E-state index contributed by atoms with van der Waals surface area (Å²) in [6.07, 6.45) is -5.73. The molecule has 1 aromatic heterocycles. The van der Waals surface area contributed by atoms with Crippen molar-refractivity contribution in [3.05, 3.63) is 47.0 Å². The first-order chi connectivity index (χ1) is 15.7. The molecule has 1 aliphatic rings. The normalized spacial score (nSPS) is 15.0. The molecule has 3 rings (SSSR count). The number of ether oxygens (including phenoxy) is 1. The van der Waals surface area contributed by atoms with Crippen molar-refractivity contribution in [2.24, 2.45) is 0 Å². The van der Waals surface area contributed by atoms with Crippen LogP contribution < -0.4 is 5.32 Å². The molecule has 1 aromatic carbocycles. The van der Waals surface area contributed by atoms with Gasteiger partial charge in [0.1, 0.15) is 5.60 Å². The molecule has 1 N–H and O–H groups in total. The standard InChI is InChI=1S/C21H24F5N5O3/c1-20(2,3)34-19(33)27-13(8-12-4-5-14(22)15(23)9-12)10-17(32)30-6-7-31-16(11-30)28-29-18(31)21(24,25)26/h4-5,9,13H,6-8,10-11H2,1-3H3,(H,27,33)/t13-/m1/s1. The fourth-order valence-electron chi connectivity index (χ4n) is 3.52. The Bertz CT molecular complexity index is 1060. The van der Waals surface area contributed by atoms with Crippen LogP contribution in [0.3, 0.4) is 0 Å². The van der Waals surface area contributed by atoms with Crippen LogP contribution in [-0.2, 0) is 35.2 Å². The molecule has 1 aliphatic heterocycles. The molecule has 186 valence electrons. The predicted molar refractivity (Wildman–Crippen MR) is 108 cm³/mol. The molecule has 34 heavy (non-hydrogen) atoms. The van der Waals surface area contributed by atoms with Gasteiger partial charge in [0.25, 0.3) is 0 Å². The minimum atomic E-state index is -4.66. The molecule has 0 saturated carbocycles. The summed E-state index contributed by atoms with van der Waals surface area (Å²) in [6, 6.07) is 2.38. The van der Waals surface area contributed by atoms with Crippen LogP contribution in [0.25, 0.3) is 0 Å². The van der Waals surface area contributed by atoms with Crippen LogP contribution in [0.1, 0.15) is 44.4 Å². The number of halogens is 5. The molecule has 13 heteroatoms. The van der Waals surface area contributed by atoms with Gasteiger partial charge in [0, 0.05) is 25.6 Å². The number of amides is 2. The van der Waals surface area contributed by atoms with Gasteiger partial charge in [-0.1, -0.05) is 6.07 Å². The minimum absolute atomic E-state index is 0.00950. The third kappa shape index (κ3) is 6.41. The van der Waals surface area contributed by atoms with E-state index in [1.807, 2.05) is 0 Å². The van der Waals surface area contributed by atoms with Gasteiger partial charge in [-0.2, -0.15) is 13.2 Å². The van der Waals surface area contributed by atoms with Gasteiger partial charge < -0.3 is 19.5 Å². The summed E-state index contributed by atoms with van der Waals surface area (Å²) in [5.41, 5.74) is -0.478. The van der Waals surface area contributed by atoms with Crippen molar-refractivity contribution in [3.8, 4) is 0 Å². The Morgan fingerprint density at radius 3 is 2.44 bits per heavy atom. The van der Waals surface area contributed by atoms with Gasteiger partial charge in [-0.15, -0.1) is 10.2 Å². The molecule has 1 atom stereocenters. The van der Waals surface area contributed by atoms with E-state index in [0.29, 0.717) is 5.56 Å². The molecule has 0 radical (unpaired) electrons. The first-order valence-corrected chi connectivity index (χ1v) is 10.4. The zero-order valence-electron chi connectivity index (χ0n) is 18.7. The van der Waals surface area contributed by atoms with Gasteiger partial charge in [-0.3, -0.25) is 4.79 Å². The highest BCUT2D eigenvalue weighted by atomic mass is 19.4. The lowest BCUT2D eigenvalue weighted by molar-refractivity contribution is -0.148. The summed E-state index contributed by atoms with van der Waals surface area (Å²) in [5, 5.41) is 9.28. The van der Waals surface area contributed by atoms with E-state index in [4.69, 9.17) is 4.74 Å². The van der Waals surface area contributed by atoms with Crippen molar-refractivity contribution < 1.29 is 36.3 Å². The van der Waals surface area contributed by atoms with Crippen LogP contribution in [0.2, 0.25) is 0 Å². The van der Waals surface area contributed by atoms with Crippen LogP contribution in [0, 0.1) is 11.6 Å². The van der Waals surface area contributed by atoms with Crippen LogP contribution in [0.5, 0.6) is 0 Å². The number of aromatic nitrogens is 3. The average molecular weight is 489 g/mol. The van der Waals surface area contributed by atoms with E-state index in [0.717, 1.165) is 16.7 Å². The summed E-state index contributed by atoms with van der Waals surface area (Å²) >= 11 is 0. The number of benzene rings is 1. The molecule has 2 aromatic rings. The number of nitrogens with one attached hydrogen (secondary N) is 1. The van der Waals surface area contributed by atoms with Gasteiger partial charge in [0.05, 0.1) is 6.54 Å². The highest BCUT2D eigenvalue weighted by molar-refractivity contribution is 5.78. The summed E-state index contributed by atoms with van der Waals surface area (Å²) in [6.45, 7) is 4.61. The van der Waals surface area contributed by atoms with E-state index in [9.17, 15) is 31.5 Å². The maximum absolute atomic E-state index is 13.6. The Kier molecular flexibility index (Phi) is 7.13. The van der Waals surface area contributed by atoms with E-state index in [1.54, 1.807) is 20.8 Å². The van der Waals surface area contributed by atoms with Gasteiger partial charge >= 0.3 is 12.3 Å². The number of carbonyl (C=O) groups excluding carboxylic acids is 2. The first-order valence-electron chi connectivity index (χ1n) is 10.4. The molecular weight excluding hydrogens is 465 g/mol. The van der Waals surface area contributed by atoms with Gasteiger partial charge in [-0.25, -0.2) is 13.6 Å². The third-order valence-electron chi connectivity index (χ3n) is 4.97. The van der Waals surface area contributed by atoms with Crippen molar-refractivity contribution >= 4 is 12.0 Å². The van der Waals surface area contributed by atoms with Gasteiger partial charge in [0.15, 0.2) is 17.5 Å². The van der Waals surface area contributed by atoms with E-state index in [1.165, 1.54) is 11.0 Å². The second kappa shape index (κ2) is 9.55. The molecule has 2 amide bonds. The van der Waals surface area contributed by atoms with E-state index in [2.05, 4.69) is 15.5 Å². The fraction of sp³-hybridized carbons (Fsp3) is 0.524. The zero-order chi connectivity index (χ0) is 25.3. The Hall–Kier alpha value is -3.25. The van der Waals surface area contributed by atoms with Crippen molar-refractivity contribution in [1.29, 1.82) is 0 Å². The molecule has 0 spiro atoms. The second-order valence-corrected chi connectivity index (χ2v) is 8.90. The van der Waals surface area contributed by atoms with Gasteiger partial charge in [-0.05, 0) is 44.9 Å². The number of fused-ring (bicyclic) bond motifs is 1. The summed E-state index contributed by atoms with van der Waals surface area (Å²) in [4.78, 5) is 26.5. The lowest BCUT2D eigenvalue weighted by atomic mass is 10.0. The number of alkyl carbamates (subject to hydrolysis) is 1. The molecule has 0 bridgehead atoms. The van der Waals surface area contributed by atoms with E-state index in [-0.39, 0.29) is 38.3 Å². The van der Waals surface area contributed by atoms with Crippen molar-refractivity contribution in [2.75, 3.05) is 6.54 Å². The fourth-order valence-corrected chi connectivity index (χ4v) is 3.52. The summed E-state index contributed by atoms with van der Waals surface area (Å²) in [7, 11) is 0. The van der Waals surface area contributed by atoms with Crippen LogP contribution in [-0.4, -0.2) is 49.9 Å². The molecule has 2 heterocycles. The quantitative estimate of drug-likeness (QED) is 0.650.